The van der Waals surface area contributed by atoms with Gasteiger partial charge in [0.2, 0.25) is 0 Å². The summed E-state index contributed by atoms with van der Waals surface area (Å²) in [7, 11) is 0. The van der Waals surface area contributed by atoms with Crippen LogP contribution in [0.2, 0.25) is 0 Å². The molecule has 126 valence electrons. The van der Waals surface area contributed by atoms with Gasteiger partial charge in [0.1, 0.15) is 11.6 Å². The van der Waals surface area contributed by atoms with Crippen LogP contribution in [0.1, 0.15) is 11.1 Å². The number of rotatable bonds is 6. The lowest BCUT2D eigenvalue weighted by Gasteiger charge is -2.11. The van der Waals surface area contributed by atoms with Gasteiger partial charge in [0, 0.05) is 0 Å². The van der Waals surface area contributed by atoms with E-state index in [9.17, 15) is 14.0 Å². The predicted molar refractivity (Wildman–Crippen MR) is 87.4 cm³/mol. The van der Waals surface area contributed by atoms with Gasteiger partial charge in [-0.3, -0.25) is 4.79 Å². The number of esters is 1. The fraction of sp³-hybridized carbons (Fsp3) is 0.222. The maximum atomic E-state index is 13.4. The van der Waals surface area contributed by atoms with Gasteiger partial charge in [-0.1, -0.05) is 30.3 Å². The van der Waals surface area contributed by atoms with Crippen molar-refractivity contribution in [3.8, 4) is 5.75 Å². The minimum atomic E-state index is -0.679. The van der Waals surface area contributed by atoms with Crippen LogP contribution in [0, 0.1) is 19.7 Å². The van der Waals surface area contributed by atoms with Gasteiger partial charge in [0.05, 0.1) is 5.69 Å². The van der Waals surface area contributed by atoms with Crippen molar-refractivity contribution in [2.45, 2.75) is 13.8 Å². The maximum Gasteiger partial charge on any atom is 0.344 e. The first-order chi connectivity index (χ1) is 11.5. The highest BCUT2D eigenvalue weighted by molar-refractivity contribution is 5.92. The minimum absolute atomic E-state index is 0.0327. The van der Waals surface area contributed by atoms with Crippen molar-refractivity contribution < 1.29 is 23.5 Å². The average molecular weight is 331 g/mol. The summed E-state index contributed by atoms with van der Waals surface area (Å²) in [4.78, 5) is 23.3. The monoisotopic (exact) mass is 331 g/mol. The molecule has 1 amide bonds. The van der Waals surface area contributed by atoms with Crippen LogP contribution in [-0.4, -0.2) is 25.1 Å². The summed E-state index contributed by atoms with van der Waals surface area (Å²) in [5, 5.41) is 2.33. The third kappa shape index (κ3) is 4.81. The van der Waals surface area contributed by atoms with E-state index in [0.29, 0.717) is 5.75 Å². The maximum absolute atomic E-state index is 13.4. The molecule has 0 unspecified atom stereocenters. The molecule has 0 aliphatic heterocycles. The summed E-state index contributed by atoms with van der Waals surface area (Å²) in [6, 6.07) is 11.4. The third-order valence-electron chi connectivity index (χ3n) is 3.26. The van der Waals surface area contributed by atoms with Gasteiger partial charge in [-0.2, -0.15) is 0 Å². The van der Waals surface area contributed by atoms with E-state index in [1.807, 2.05) is 32.0 Å². The number of carbonyl (C=O) groups excluding carboxylic acids is 2. The lowest BCUT2D eigenvalue weighted by atomic mass is 10.1. The first-order valence-corrected chi connectivity index (χ1v) is 7.36. The zero-order valence-electron chi connectivity index (χ0n) is 13.5. The summed E-state index contributed by atoms with van der Waals surface area (Å²) >= 11 is 0. The SMILES string of the molecule is Cc1cccc(C)c1OCC(=O)OCC(=O)Nc1ccccc1F. The van der Waals surface area contributed by atoms with Gasteiger partial charge >= 0.3 is 5.97 Å². The normalized spacial score (nSPS) is 10.1. The van der Waals surface area contributed by atoms with Crippen LogP contribution in [-0.2, 0) is 14.3 Å². The quantitative estimate of drug-likeness (QED) is 0.827. The Labute approximate surface area is 139 Å². The van der Waals surface area contributed by atoms with E-state index in [1.165, 1.54) is 18.2 Å². The van der Waals surface area contributed by atoms with Gasteiger partial charge in [0.25, 0.3) is 5.91 Å². The molecule has 0 fully saturated rings. The molecule has 1 N–H and O–H groups in total. The minimum Gasteiger partial charge on any atom is -0.481 e. The largest absolute Gasteiger partial charge is 0.481 e. The summed E-state index contributed by atoms with van der Waals surface area (Å²) in [6.45, 7) is 2.92. The number of anilines is 1. The molecule has 0 bridgehead atoms. The Morgan fingerprint density at radius 1 is 1.00 bits per heavy atom. The number of amides is 1. The molecular weight excluding hydrogens is 313 g/mol. The number of para-hydroxylation sites is 2. The molecule has 0 aliphatic carbocycles. The summed E-state index contributed by atoms with van der Waals surface area (Å²) in [5.74, 6) is -1.25. The molecule has 2 aromatic carbocycles. The second-order valence-corrected chi connectivity index (χ2v) is 5.20. The molecule has 0 spiro atoms. The molecule has 5 nitrogen and oxygen atoms in total. The number of aryl methyl sites for hydroxylation is 2. The highest BCUT2D eigenvalue weighted by atomic mass is 19.1. The van der Waals surface area contributed by atoms with Gasteiger partial charge in [-0.05, 0) is 37.1 Å². The van der Waals surface area contributed by atoms with Crippen LogP contribution in [0.25, 0.3) is 0 Å². The Hall–Kier alpha value is -2.89. The van der Waals surface area contributed by atoms with Crippen LogP contribution >= 0.6 is 0 Å². The van der Waals surface area contributed by atoms with Crippen LogP contribution in [0.5, 0.6) is 5.75 Å². The second-order valence-electron chi connectivity index (χ2n) is 5.20. The Bertz CT molecular complexity index is 725. The molecular formula is C18H18FNO4. The van der Waals surface area contributed by atoms with Gasteiger partial charge < -0.3 is 14.8 Å². The lowest BCUT2D eigenvalue weighted by molar-refractivity contribution is -0.149. The van der Waals surface area contributed by atoms with E-state index < -0.39 is 24.3 Å². The highest BCUT2D eigenvalue weighted by Crippen LogP contribution is 2.22. The van der Waals surface area contributed by atoms with E-state index in [0.717, 1.165) is 11.1 Å². The van der Waals surface area contributed by atoms with Crippen LogP contribution in [0.4, 0.5) is 10.1 Å². The van der Waals surface area contributed by atoms with Crippen molar-refractivity contribution in [3.05, 3.63) is 59.4 Å². The predicted octanol–water partition coefficient (Wildman–Crippen LogP) is 3.00. The highest BCUT2D eigenvalue weighted by Gasteiger charge is 2.12. The molecule has 0 atom stereocenters. The second kappa shape index (κ2) is 8.10. The molecule has 0 heterocycles. The first kappa shape index (κ1) is 17.5. The summed E-state index contributed by atoms with van der Waals surface area (Å²) < 4.78 is 23.6. The van der Waals surface area contributed by atoms with Crippen molar-refractivity contribution >= 4 is 17.6 Å². The molecule has 2 aromatic rings. The first-order valence-electron chi connectivity index (χ1n) is 7.36. The van der Waals surface area contributed by atoms with Crippen LogP contribution in [0.3, 0.4) is 0 Å². The lowest BCUT2D eigenvalue weighted by Crippen LogP contribution is -2.24. The van der Waals surface area contributed by atoms with Gasteiger partial charge in [0.15, 0.2) is 13.2 Å². The number of nitrogens with one attached hydrogen (secondary N) is 1. The fourth-order valence-corrected chi connectivity index (χ4v) is 2.09. The molecule has 24 heavy (non-hydrogen) atoms. The zero-order chi connectivity index (χ0) is 17.5. The van der Waals surface area contributed by atoms with Crippen molar-refractivity contribution in [3.63, 3.8) is 0 Å². The van der Waals surface area contributed by atoms with E-state index in [4.69, 9.17) is 9.47 Å². The number of hydrogen-bond acceptors (Lipinski definition) is 4. The standard InChI is InChI=1S/C18H18FNO4/c1-12-6-5-7-13(2)18(12)24-11-17(22)23-10-16(21)20-15-9-4-3-8-14(15)19/h3-9H,10-11H2,1-2H3,(H,20,21). The van der Waals surface area contributed by atoms with Gasteiger partial charge in [-0.25, -0.2) is 9.18 Å². The zero-order valence-corrected chi connectivity index (χ0v) is 13.5. The third-order valence-corrected chi connectivity index (χ3v) is 3.26. The molecule has 0 saturated carbocycles. The van der Waals surface area contributed by atoms with E-state index in [-0.39, 0.29) is 12.3 Å². The number of benzene rings is 2. The fourth-order valence-electron chi connectivity index (χ4n) is 2.09. The van der Waals surface area contributed by atoms with Gasteiger partial charge in [-0.15, -0.1) is 0 Å². The molecule has 0 aliphatic rings. The van der Waals surface area contributed by atoms with E-state index >= 15 is 0 Å². The average Bonchev–Trinajstić information content (AvgIpc) is 2.54. The van der Waals surface area contributed by atoms with Crippen LogP contribution < -0.4 is 10.1 Å². The molecule has 0 saturated heterocycles. The Balaban J connectivity index is 1.79. The van der Waals surface area contributed by atoms with Crippen molar-refractivity contribution in [2.75, 3.05) is 18.5 Å². The molecule has 0 radical (unpaired) electrons. The summed E-state index contributed by atoms with van der Waals surface area (Å²) in [5.41, 5.74) is 1.84. The van der Waals surface area contributed by atoms with Crippen molar-refractivity contribution in [1.29, 1.82) is 0 Å². The molecule has 6 heteroatoms. The van der Waals surface area contributed by atoms with Crippen molar-refractivity contribution in [1.82, 2.24) is 0 Å². The smallest absolute Gasteiger partial charge is 0.344 e. The number of ether oxygens (including phenoxy) is 2. The Morgan fingerprint density at radius 3 is 2.33 bits per heavy atom. The van der Waals surface area contributed by atoms with Crippen molar-refractivity contribution in [2.24, 2.45) is 0 Å². The summed E-state index contributed by atoms with van der Waals surface area (Å²) in [6.07, 6.45) is 0. The Morgan fingerprint density at radius 2 is 1.67 bits per heavy atom. The molecule has 2 rings (SSSR count). The van der Waals surface area contributed by atoms with E-state index in [2.05, 4.69) is 5.32 Å². The van der Waals surface area contributed by atoms with Crippen LogP contribution in [0.15, 0.2) is 42.5 Å². The number of carbonyl (C=O) groups is 2. The number of hydrogen-bond donors (Lipinski definition) is 1. The number of halogens is 1. The Kier molecular flexibility index (Phi) is 5.89. The topological polar surface area (TPSA) is 64.6 Å². The molecule has 0 aromatic heterocycles. The van der Waals surface area contributed by atoms with E-state index in [1.54, 1.807) is 6.07 Å².